The lowest BCUT2D eigenvalue weighted by molar-refractivity contribution is -0.136. The molecule has 0 saturated carbocycles. The minimum Gasteiger partial charge on any atom is -0.339 e. The van der Waals surface area contributed by atoms with E-state index >= 15 is 0 Å². The van der Waals surface area contributed by atoms with Crippen LogP contribution in [0.15, 0.2) is 0 Å². The second-order valence-corrected chi connectivity index (χ2v) is 5.46. The van der Waals surface area contributed by atoms with Crippen molar-refractivity contribution in [3.8, 4) is 0 Å². The van der Waals surface area contributed by atoms with Crippen molar-refractivity contribution < 1.29 is 4.79 Å². The summed E-state index contributed by atoms with van der Waals surface area (Å²) in [6, 6.07) is 0.919. The summed E-state index contributed by atoms with van der Waals surface area (Å²) < 4.78 is 0. The number of carbonyl (C=O) groups excluding carboxylic acids is 1. The van der Waals surface area contributed by atoms with Crippen LogP contribution in [-0.2, 0) is 4.79 Å². The maximum Gasteiger partial charge on any atom is 0.236 e. The Balaban J connectivity index is 1.86. The molecule has 0 spiro atoms. The molecule has 2 fully saturated rings. The second kappa shape index (κ2) is 5.83. The van der Waals surface area contributed by atoms with Gasteiger partial charge in [0, 0.05) is 38.3 Å². The second-order valence-electron chi connectivity index (χ2n) is 5.46. The number of likely N-dealkylation sites (tertiary alicyclic amines) is 1. The SMILES string of the molecule is CC1CCCCN1C(=O)CN1CCNC[C@@H]1C. The van der Waals surface area contributed by atoms with Crippen molar-refractivity contribution in [2.75, 3.05) is 32.7 Å². The Morgan fingerprint density at radius 1 is 1.24 bits per heavy atom. The number of piperazine rings is 1. The molecule has 2 saturated heterocycles. The Hall–Kier alpha value is -0.610. The molecule has 1 unspecified atom stereocenters. The van der Waals surface area contributed by atoms with Gasteiger partial charge >= 0.3 is 0 Å². The smallest absolute Gasteiger partial charge is 0.236 e. The van der Waals surface area contributed by atoms with Crippen molar-refractivity contribution in [1.29, 1.82) is 0 Å². The topological polar surface area (TPSA) is 35.6 Å². The van der Waals surface area contributed by atoms with E-state index in [0.717, 1.165) is 26.2 Å². The van der Waals surface area contributed by atoms with Crippen LogP contribution in [0.2, 0.25) is 0 Å². The quantitative estimate of drug-likeness (QED) is 0.770. The van der Waals surface area contributed by atoms with Crippen LogP contribution >= 0.6 is 0 Å². The fourth-order valence-electron chi connectivity index (χ4n) is 2.85. The molecular weight excluding hydrogens is 214 g/mol. The molecular formula is C13H25N3O. The highest BCUT2D eigenvalue weighted by molar-refractivity contribution is 5.78. The van der Waals surface area contributed by atoms with Crippen LogP contribution in [0.3, 0.4) is 0 Å². The van der Waals surface area contributed by atoms with Crippen LogP contribution in [0.4, 0.5) is 0 Å². The highest BCUT2D eigenvalue weighted by Crippen LogP contribution is 2.17. The first kappa shape index (κ1) is 12.8. The van der Waals surface area contributed by atoms with E-state index in [4.69, 9.17) is 0 Å². The van der Waals surface area contributed by atoms with Gasteiger partial charge < -0.3 is 10.2 Å². The minimum absolute atomic E-state index is 0.325. The van der Waals surface area contributed by atoms with E-state index in [0.29, 0.717) is 24.5 Å². The lowest BCUT2D eigenvalue weighted by Gasteiger charge is -2.38. The van der Waals surface area contributed by atoms with Gasteiger partial charge in [-0.25, -0.2) is 0 Å². The van der Waals surface area contributed by atoms with E-state index in [2.05, 4.69) is 29.0 Å². The number of rotatable bonds is 2. The van der Waals surface area contributed by atoms with Gasteiger partial charge in [0.25, 0.3) is 0 Å². The van der Waals surface area contributed by atoms with Crippen molar-refractivity contribution in [2.24, 2.45) is 0 Å². The van der Waals surface area contributed by atoms with E-state index in [1.807, 2.05) is 0 Å². The maximum atomic E-state index is 12.3. The van der Waals surface area contributed by atoms with E-state index in [1.54, 1.807) is 0 Å². The van der Waals surface area contributed by atoms with Gasteiger partial charge in [-0.15, -0.1) is 0 Å². The van der Waals surface area contributed by atoms with Crippen molar-refractivity contribution in [3.63, 3.8) is 0 Å². The first-order valence-corrected chi connectivity index (χ1v) is 6.92. The third-order valence-corrected chi connectivity index (χ3v) is 4.10. The van der Waals surface area contributed by atoms with Crippen LogP contribution in [0.25, 0.3) is 0 Å². The summed E-state index contributed by atoms with van der Waals surface area (Å²) >= 11 is 0. The zero-order valence-corrected chi connectivity index (χ0v) is 11.1. The summed E-state index contributed by atoms with van der Waals surface area (Å²) in [6.45, 7) is 8.94. The van der Waals surface area contributed by atoms with Crippen molar-refractivity contribution in [3.05, 3.63) is 0 Å². The number of hydrogen-bond donors (Lipinski definition) is 1. The summed E-state index contributed by atoms with van der Waals surface area (Å²) in [6.07, 6.45) is 3.62. The molecule has 2 aliphatic rings. The van der Waals surface area contributed by atoms with Gasteiger partial charge in [0.1, 0.15) is 0 Å². The van der Waals surface area contributed by atoms with Gasteiger partial charge in [0.15, 0.2) is 0 Å². The number of amides is 1. The summed E-state index contributed by atoms with van der Waals surface area (Å²) in [4.78, 5) is 16.7. The van der Waals surface area contributed by atoms with Crippen LogP contribution in [0.5, 0.6) is 0 Å². The van der Waals surface area contributed by atoms with Crippen molar-refractivity contribution >= 4 is 5.91 Å². The molecule has 17 heavy (non-hydrogen) atoms. The van der Waals surface area contributed by atoms with Gasteiger partial charge in [-0.2, -0.15) is 0 Å². The number of piperidine rings is 1. The summed E-state index contributed by atoms with van der Waals surface area (Å²) in [5, 5.41) is 3.36. The van der Waals surface area contributed by atoms with Crippen LogP contribution in [-0.4, -0.2) is 60.5 Å². The number of hydrogen-bond acceptors (Lipinski definition) is 3. The lowest BCUT2D eigenvalue weighted by atomic mass is 10.0. The predicted octanol–water partition coefficient (Wildman–Crippen LogP) is 0.681. The van der Waals surface area contributed by atoms with Crippen molar-refractivity contribution in [1.82, 2.24) is 15.1 Å². The molecule has 0 aromatic heterocycles. The normalized spacial score (nSPS) is 31.5. The third-order valence-electron chi connectivity index (χ3n) is 4.10. The summed E-state index contributed by atoms with van der Waals surface area (Å²) in [7, 11) is 0. The van der Waals surface area contributed by atoms with Gasteiger partial charge in [0.2, 0.25) is 5.91 Å². The number of nitrogens with zero attached hydrogens (tertiary/aromatic N) is 2. The van der Waals surface area contributed by atoms with Gasteiger partial charge in [0.05, 0.1) is 6.54 Å². The van der Waals surface area contributed by atoms with Crippen LogP contribution in [0.1, 0.15) is 33.1 Å². The Labute approximate surface area is 104 Å². The van der Waals surface area contributed by atoms with E-state index in [9.17, 15) is 4.79 Å². The monoisotopic (exact) mass is 239 g/mol. The fourth-order valence-corrected chi connectivity index (χ4v) is 2.85. The molecule has 2 aliphatic heterocycles. The first-order valence-electron chi connectivity index (χ1n) is 6.92. The molecule has 0 aromatic carbocycles. The Bertz CT molecular complexity index is 269. The molecule has 2 heterocycles. The standard InChI is InChI=1S/C13H25N3O/c1-11-5-3-4-7-16(11)13(17)10-15-8-6-14-9-12(15)2/h11-12,14H,3-10H2,1-2H3/t11?,12-/m0/s1. The molecule has 98 valence electrons. The molecule has 0 radical (unpaired) electrons. The largest absolute Gasteiger partial charge is 0.339 e. The van der Waals surface area contributed by atoms with Crippen molar-refractivity contribution in [2.45, 2.75) is 45.2 Å². The minimum atomic E-state index is 0.325. The molecule has 0 aliphatic carbocycles. The summed E-state index contributed by atoms with van der Waals surface area (Å²) in [5.74, 6) is 0.325. The third kappa shape index (κ3) is 3.19. The van der Waals surface area contributed by atoms with Crippen LogP contribution < -0.4 is 5.32 Å². The zero-order valence-electron chi connectivity index (χ0n) is 11.1. The molecule has 0 aromatic rings. The van der Waals surface area contributed by atoms with Gasteiger partial charge in [-0.05, 0) is 33.1 Å². The zero-order chi connectivity index (χ0) is 12.3. The number of carbonyl (C=O) groups is 1. The molecule has 1 amide bonds. The molecule has 4 nitrogen and oxygen atoms in total. The molecule has 0 bridgehead atoms. The fraction of sp³-hybridized carbons (Fsp3) is 0.923. The maximum absolute atomic E-state index is 12.3. The van der Waals surface area contributed by atoms with Gasteiger partial charge in [-0.3, -0.25) is 9.69 Å². The van der Waals surface area contributed by atoms with Crippen LogP contribution in [0, 0.1) is 0 Å². The molecule has 2 rings (SSSR count). The van der Waals surface area contributed by atoms with E-state index in [-0.39, 0.29) is 0 Å². The molecule has 1 N–H and O–H groups in total. The average molecular weight is 239 g/mol. The van der Waals surface area contributed by atoms with Gasteiger partial charge in [-0.1, -0.05) is 0 Å². The Morgan fingerprint density at radius 3 is 2.76 bits per heavy atom. The highest BCUT2D eigenvalue weighted by Gasteiger charge is 2.26. The van der Waals surface area contributed by atoms with E-state index < -0.39 is 0 Å². The Kier molecular flexibility index (Phi) is 4.40. The molecule has 4 heteroatoms. The van der Waals surface area contributed by atoms with E-state index in [1.165, 1.54) is 19.3 Å². The number of nitrogens with one attached hydrogen (secondary N) is 1. The lowest BCUT2D eigenvalue weighted by Crippen LogP contribution is -2.54. The average Bonchev–Trinajstić information content (AvgIpc) is 2.32. The summed E-state index contributed by atoms with van der Waals surface area (Å²) in [5.41, 5.74) is 0. The molecule has 2 atom stereocenters. The highest BCUT2D eigenvalue weighted by atomic mass is 16.2. The first-order chi connectivity index (χ1) is 8.18. The Morgan fingerprint density at radius 2 is 2.06 bits per heavy atom. The predicted molar refractivity (Wildman–Crippen MR) is 68.9 cm³/mol.